The number of benzene rings is 1. The highest BCUT2D eigenvalue weighted by atomic mass is 16.5. The number of hydrogen-bond acceptors (Lipinski definition) is 2. The van der Waals surface area contributed by atoms with E-state index in [1.165, 1.54) is 12.8 Å². The first-order valence-corrected chi connectivity index (χ1v) is 7.64. The first-order chi connectivity index (χ1) is 9.86. The molecule has 20 heavy (non-hydrogen) atoms. The number of anilines is 1. The Bertz CT molecular complexity index is 467. The summed E-state index contributed by atoms with van der Waals surface area (Å²) in [6, 6.07) is 8.00. The van der Waals surface area contributed by atoms with Crippen molar-refractivity contribution in [1.29, 1.82) is 0 Å². The average Bonchev–Trinajstić information content (AvgIpc) is 2.87. The van der Waals surface area contributed by atoms with Crippen LogP contribution in [0, 0.1) is 0 Å². The molecule has 0 spiro atoms. The molecule has 0 bridgehead atoms. The maximum atomic E-state index is 12.8. The van der Waals surface area contributed by atoms with E-state index in [2.05, 4.69) is 0 Å². The summed E-state index contributed by atoms with van der Waals surface area (Å²) >= 11 is 0. The minimum atomic E-state index is 0.143. The number of fused-ring (bicyclic) bond motifs is 1. The quantitative estimate of drug-likeness (QED) is 0.727. The van der Waals surface area contributed by atoms with Gasteiger partial charge < -0.3 is 9.64 Å². The van der Waals surface area contributed by atoms with Gasteiger partial charge in [0.25, 0.3) is 0 Å². The molecule has 2 amide bonds. The molecule has 1 fully saturated rings. The third-order valence-corrected chi connectivity index (χ3v) is 4.05. The van der Waals surface area contributed by atoms with Gasteiger partial charge in [-0.15, -0.1) is 0 Å². The van der Waals surface area contributed by atoms with Gasteiger partial charge in [-0.1, -0.05) is 25.0 Å². The van der Waals surface area contributed by atoms with Crippen LogP contribution in [-0.2, 0) is 0 Å². The van der Waals surface area contributed by atoms with E-state index in [4.69, 9.17) is 4.74 Å². The van der Waals surface area contributed by atoms with Crippen LogP contribution in [0.2, 0.25) is 0 Å². The molecule has 0 aromatic heterocycles. The molecule has 2 aliphatic rings. The summed E-state index contributed by atoms with van der Waals surface area (Å²) in [5, 5.41) is 0. The fraction of sp³-hybridized carbons (Fsp3) is 0.562. The van der Waals surface area contributed by atoms with Gasteiger partial charge in [0.05, 0.1) is 12.3 Å². The molecule has 0 saturated carbocycles. The van der Waals surface area contributed by atoms with Gasteiger partial charge in [0.1, 0.15) is 5.75 Å². The molecule has 0 aliphatic carbocycles. The summed E-state index contributed by atoms with van der Waals surface area (Å²) < 4.78 is 5.73. The predicted octanol–water partition coefficient (Wildman–Crippen LogP) is 3.27. The molecule has 3 rings (SSSR count). The summed E-state index contributed by atoms with van der Waals surface area (Å²) in [5.41, 5.74) is 0.916. The molecule has 0 atom stereocenters. The van der Waals surface area contributed by atoms with Gasteiger partial charge >= 0.3 is 6.03 Å². The number of urea groups is 1. The number of carbonyl (C=O) groups is 1. The number of likely N-dealkylation sites (tertiary alicyclic amines) is 1. The van der Waals surface area contributed by atoms with Crippen LogP contribution < -0.4 is 9.64 Å². The average molecular weight is 274 g/mol. The zero-order chi connectivity index (χ0) is 13.8. The van der Waals surface area contributed by atoms with E-state index in [0.29, 0.717) is 6.61 Å². The van der Waals surface area contributed by atoms with Crippen LogP contribution in [0.25, 0.3) is 0 Å². The van der Waals surface area contributed by atoms with Crippen LogP contribution in [0.4, 0.5) is 10.5 Å². The van der Waals surface area contributed by atoms with Crippen LogP contribution in [0.3, 0.4) is 0 Å². The Hall–Kier alpha value is -1.71. The van der Waals surface area contributed by atoms with Crippen molar-refractivity contribution < 1.29 is 9.53 Å². The summed E-state index contributed by atoms with van der Waals surface area (Å²) in [5.74, 6) is 0.827. The monoisotopic (exact) mass is 274 g/mol. The molecule has 108 valence electrons. The topological polar surface area (TPSA) is 32.8 Å². The van der Waals surface area contributed by atoms with E-state index in [-0.39, 0.29) is 6.03 Å². The smallest absolute Gasteiger partial charge is 0.324 e. The highest BCUT2D eigenvalue weighted by Crippen LogP contribution is 2.31. The van der Waals surface area contributed by atoms with Crippen LogP contribution in [0.5, 0.6) is 5.75 Å². The van der Waals surface area contributed by atoms with Gasteiger partial charge in [0, 0.05) is 19.6 Å². The van der Waals surface area contributed by atoms with Crippen LogP contribution >= 0.6 is 0 Å². The van der Waals surface area contributed by atoms with E-state index in [0.717, 1.165) is 50.3 Å². The maximum absolute atomic E-state index is 12.8. The van der Waals surface area contributed by atoms with Crippen molar-refractivity contribution in [2.45, 2.75) is 32.1 Å². The zero-order valence-corrected chi connectivity index (χ0v) is 11.9. The number of para-hydroxylation sites is 2. The van der Waals surface area contributed by atoms with Crippen LogP contribution in [0.15, 0.2) is 24.3 Å². The molecule has 1 aromatic carbocycles. The maximum Gasteiger partial charge on any atom is 0.324 e. The lowest BCUT2D eigenvalue weighted by Crippen LogP contribution is -2.44. The number of rotatable bonds is 0. The van der Waals surface area contributed by atoms with Crippen LogP contribution in [0.1, 0.15) is 32.1 Å². The van der Waals surface area contributed by atoms with Gasteiger partial charge in [-0.05, 0) is 31.4 Å². The molecule has 0 unspecified atom stereocenters. The van der Waals surface area contributed by atoms with Gasteiger partial charge in [-0.3, -0.25) is 4.90 Å². The molecule has 0 N–H and O–H groups in total. The van der Waals surface area contributed by atoms with Crippen molar-refractivity contribution in [2.24, 2.45) is 0 Å². The van der Waals surface area contributed by atoms with Crippen molar-refractivity contribution >= 4 is 11.7 Å². The van der Waals surface area contributed by atoms with E-state index in [1.54, 1.807) is 0 Å². The molecule has 2 heterocycles. The van der Waals surface area contributed by atoms with Crippen LogP contribution in [-0.4, -0.2) is 37.2 Å². The minimum Gasteiger partial charge on any atom is -0.491 e. The van der Waals surface area contributed by atoms with Crippen molar-refractivity contribution in [1.82, 2.24) is 4.90 Å². The molecular formula is C16H22N2O2. The van der Waals surface area contributed by atoms with E-state index in [9.17, 15) is 4.79 Å². The van der Waals surface area contributed by atoms with Gasteiger partial charge in [0.15, 0.2) is 0 Å². The fourth-order valence-electron chi connectivity index (χ4n) is 2.96. The summed E-state index contributed by atoms with van der Waals surface area (Å²) in [4.78, 5) is 16.7. The summed E-state index contributed by atoms with van der Waals surface area (Å²) in [7, 11) is 0. The molecular weight excluding hydrogens is 252 g/mol. The summed E-state index contributed by atoms with van der Waals surface area (Å²) in [6.07, 6.45) is 5.61. The number of carbonyl (C=O) groups excluding carboxylic acids is 1. The minimum absolute atomic E-state index is 0.143. The number of ether oxygens (including phenoxy) is 1. The fourth-order valence-corrected chi connectivity index (χ4v) is 2.96. The number of amides is 2. The highest BCUT2D eigenvalue weighted by molar-refractivity contribution is 5.93. The number of nitrogens with zero attached hydrogens (tertiary/aromatic N) is 2. The van der Waals surface area contributed by atoms with Gasteiger partial charge in [-0.2, -0.15) is 0 Å². The van der Waals surface area contributed by atoms with Crippen molar-refractivity contribution in [3.05, 3.63) is 24.3 Å². The van der Waals surface area contributed by atoms with Crippen molar-refractivity contribution in [3.8, 4) is 5.75 Å². The normalized spacial score (nSPS) is 19.6. The summed E-state index contributed by atoms with van der Waals surface area (Å²) in [6.45, 7) is 3.20. The Morgan fingerprint density at radius 2 is 1.70 bits per heavy atom. The Morgan fingerprint density at radius 1 is 0.950 bits per heavy atom. The standard InChI is InChI=1S/C16H22N2O2/c19-16(17-10-5-1-2-6-11-17)18-12-7-13-20-15-9-4-3-8-14(15)18/h3-4,8-9H,1-2,5-7,10-13H2. The van der Waals surface area contributed by atoms with Crippen molar-refractivity contribution in [2.75, 3.05) is 31.1 Å². The first-order valence-electron chi connectivity index (χ1n) is 7.64. The zero-order valence-electron chi connectivity index (χ0n) is 11.9. The highest BCUT2D eigenvalue weighted by Gasteiger charge is 2.26. The molecule has 4 nitrogen and oxygen atoms in total. The Balaban J connectivity index is 1.83. The molecule has 2 aliphatic heterocycles. The number of hydrogen-bond donors (Lipinski definition) is 0. The largest absolute Gasteiger partial charge is 0.491 e. The third-order valence-electron chi connectivity index (χ3n) is 4.05. The Kier molecular flexibility index (Phi) is 4.09. The Morgan fingerprint density at radius 3 is 2.50 bits per heavy atom. The molecule has 1 saturated heterocycles. The van der Waals surface area contributed by atoms with Gasteiger partial charge in [-0.25, -0.2) is 4.79 Å². The molecule has 0 radical (unpaired) electrons. The second-order valence-electron chi connectivity index (χ2n) is 5.51. The van der Waals surface area contributed by atoms with Crippen molar-refractivity contribution in [3.63, 3.8) is 0 Å². The lowest BCUT2D eigenvalue weighted by Gasteiger charge is -2.29. The predicted molar refractivity (Wildman–Crippen MR) is 79.3 cm³/mol. The lowest BCUT2D eigenvalue weighted by atomic mass is 10.2. The van der Waals surface area contributed by atoms with E-state index in [1.807, 2.05) is 34.1 Å². The first kappa shape index (κ1) is 13.3. The SMILES string of the molecule is O=C(N1CCCCCC1)N1CCCOc2ccccc21. The van der Waals surface area contributed by atoms with E-state index < -0.39 is 0 Å². The molecule has 4 heteroatoms. The second kappa shape index (κ2) is 6.16. The lowest BCUT2D eigenvalue weighted by molar-refractivity contribution is 0.206. The van der Waals surface area contributed by atoms with E-state index >= 15 is 0 Å². The van der Waals surface area contributed by atoms with Gasteiger partial charge in [0.2, 0.25) is 0 Å². The third kappa shape index (κ3) is 2.74. The molecule has 1 aromatic rings. The second-order valence-corrected chi connectivity index (χ2v) is 5.51. The Labute approximate surface area is 120 Å².